The van der Waals surface area contributed by atoms with E-state index in [2.05, 4.69) is 27.0 Å². The average Bonchev–Trinajstić information content (AvgIpc) is 2.82. The normalized spacial score (nSPS) is 10.6. The predicted molar refractivity (Wildman–Crippen MR) is 81.4 cm³/mol. The van der Waals surface area contributed by atoms with Crippen molar-refractivity contribution in [3.63, 3.8) is 0 Å². The highest BCUT2D eigenvalue weighted by atomic mass is 79.9. The predicted octanol–water partition coefficient (Wildman–Crippen LogP) is 4.20. The summed E-state index contributed by atoms with van der Waals surface area (Å²) in [5, 5.41) is 9.38. The molecule has 20 heavy (non-hydrogen) atoms. The summed E-state index contributed by atoms with van der Waals surface area (Å²) in [6, 6.07) is 12.8. The SMILES string of the molecule is N#Cc1ccc(Sc2nc3ccc(N)cc3o2)c(Br)c1. The van der Waals surface area contributed by atoms with Gasteiger partial charge in [-0.05, 0) is 58.0 Å². The molecule has 0 atom stereocenters. The molecule has 0 bridgehead atoms. The molecule has 0 aliphatic heterocycles. The number of nitriles is 1. The van der Waals surface area contributed by atoms with Gasteiger partial charge in [-0.1, -0.05) is 0 Å². The first-order valence-corrected chi connectivity index (χ1v) is 7.30. The largest absolute Gasteiger partial charge is 0.431 e. The Hall–Kier alpha value is -1.97. The molecule has 0 unspecified atom stereocenters. The van der Waals surface area contributed by atoms with Gasteiger partial charge in [0.05, 0.1) is 11.6 Å². The van der Waals surface area contributed by atoms with E-state index in [1.165, 1.54) is 11.8 Å². The summed E-state index contributed by atoms with van der Waals surface area (Å²) in [5.74, 6) is 0. The van der Waals surface area contributed by atoms with Crippen LogP contribution in [-0.2, 0) is 0 Å². The number of rotatable bonds is 2. The van der Waals surface area contributed by atoms with Crippen LogP contribution in [0.2, 0.25) is 0 Å². The molecule has 1 aromatic heterocycles. The van der Waals surface area contributed by atoms with E-state index in [1.807, 2.05) is 12.1 Å². The van der Waals surface area contributed by atoms with Crippen molar-refractivity contribution in [3.8, 4) is 6.07 Å². The summed E-state index contributed by atoms with van der Waals surface area (Å²) in [6.07, 6.45) is 0. The van der Waals surface area contributed by atoms with E-state index in [0.29, 0.717) is 22.1 Å². The standard InChI is InChI=1S/C14H8BrN3OS/c15-10-5-8(7-16)1-4-13(10)20-14-18-11-3-2-9(17)6-12(11)19-14/h1-6H,17H2. The zero-order chi connectivity index (χ0) is 14.1. The number of hydrogen-bond acceptors (Lipinski definition) is 5. The fourth-order valence-electron chi connectivity index (χ4n) is 1.71. The lowest BCUT2D eigenvalue weighted by Crippen LogP contribution is -1.81. The van der Waals surface area contributed by atoms with Crippen molar-refractivity contribution in [2.45, 2.75) is 10.1 Å². The molecular formula is C14H8BrN3OS. The minimum atomic E-state index is 0.538. The Kier molecular flexibility index (Phi) is 3.38. The quantitative estimate of drug-likeness (QED) is 0.704. The zero-order valence-corrected chi connectivity index (χ0v) is 12.5. The van der Waals surface area contributed by atoms with Crippen LogP contribution in [-0.4, -0.2) is 4.98 Å². The Balaban J connectivity index is 1.95. The lowest BCUT2D eigenvalue weighted by atomic mass is 10.2. The van der Waals surface area contributed by atoms with Crippen LogP contribution in [0.25, 0.3) is 11.1 Å². The summed E-state index contributed by atoms with van der Waals surface area (Å²) in [6.45, 7) is 0. The Labute approximate surface area is 127 Å². The first kappa shape index (κ1) is 13.0. The molecule has 0 spiro atoms. The van der Waals surface area contributed by atoms with Crippen LogP contribution in [0.4, 0.5) is 5.69 Å². The second-order valence-electron chi connectivity index (χ2n) is 4.07. The van der Waals surface area contributed by atoms with Gasteiger partial charge in [0.15, 0.2) is 5.58 Å². The number of nitrogens with zero attached hydrogens (tertiary/aromatic N) is 2. The molecule has 0 fully saturated rings. The van der Waals surface area contributed by atoms with Crippen molar-refractivity contribution >= 4 is 44.5 Å². The molecular weight excluding hydrogens is 338 g/mol. The number of hydrogen-bond donors (Lipinski definition) is 1. The fourth-order valence-corrected chi connectivity index (χ4v) is 3.09. The maximum Gasteiger partial charge on any atom is 0.261 e. The number of benzene rings is 2. The van der Waals surface area contributed by atoms with Gasteiger partial charge < -0.3 is 10.2 Å². The second kappa shape index (κ2) is 5.19. The van der Waals surface area contributed by atoms with Crippen molar-refractivity contribution < 1.29 is 4.42 Å². The van der Waals surface area contributed by atoms with Crippen LogP contribution in [0.5, 0.6) is 0 Å². The van der Waals surface area contributed by atoms with Crippen molar-refractivity contribution in [3.05, 3.63) is 46.4 Å². The van der Waals surface area contributed by atoms with Gasteiger partial charge in [-0.25, -0.2) is 4.98 Å². The molecule has 2 aromatic carbocycles. The van der Waals surface area contributed by atoms with E-state index in [9.17, 15) is 0 Å². The highest BCUT2D eigenvalue weighted by Gasteiger charge is 2.10. The number of halogens is 1. The molecule has 0 radical (unpaired) electrons. The topological polar surface area (TPSA) is 75.8 Å². The lowest BCUT2D eigenvalue weighted by Gasteiger charge is -2.00. The number of nitrogens with two attached hydrogens (primary N) is 1. The van der Waals surface area contributed by atoms with Crippen LogP contribution < -0.4 is 5.73 Å². The highest BCUT2D eigenvalue weighted by molar-refractivity contribution is 9.10. The first-order chi connectivity index (χ1) is 9.65. The van der Waals surface area contributed by atoms with Crippen molar-refractivity contribution in [2.75, 3.05) is 5.73 Å². The molecule has 4 nitrogen and oxygen atoms in total. The van der Waals surface area contributed by atoms with Gasteiger partial charge in [0.2, 0.25) is 0 Å². The minimum absolute atomic E-state index is 0.538. The van der Waals surface area contributed by atoms with Gasteiger partial charge in [0.25, 0.3) is 5.22 Å². The van der Waals surface area contributed by atoms with Gasteiger partial charge >= 0.3 is 0 Å². The molecule has 3 rings (SSSR count). The molecule has 3 aromatic rings. The van der Waals surface area contributed by atoms with E-state index in [-0.39, 0.29) is 0 Å². The summed E-state index contributed by atoms with van der Waals surface area (Å²) < 4.78 is 6.49. The molecule has 2 N–H and O–H groups in total. The molecule has 0 amide bonds. The zero-order valence-electron chi connectivity index (χ0n) is 10.1. The van der Waals surface area contributed by atoms with Gasteiger partial charge in [0.1, 0.15) is 5.52 Å². The molecule has 1 heterocycles. The molecule has 6 heteroatoms. The van der Waals surface area contributed by atoms with Crippen molar-refractivity contribution in [1.82, 2.24) is 4.98 Å². The molecule has 0 aliphatic rings. The second-order valence-corrected chi connectivity index (χ2v) is 5.91. The van der Waals surface area contributed by atoms with Crippen LogP contribution in [0.3, 0.4) is 0 Å². The monoisotopic (exact) mass is 345 g/mol. The Morgan fingerprint density at radius 2 is 2.10 bits per heavy atom. The van der Waals surface area contributed by atoms with Gasteiger partial charge in [-0.2, -0.15) is 5.26 Å². The summed E-state index contributed by atoms with van der Waals surface area (Å²) in [5.41, 5.74) is 8.39. The third-order valence-corrected chi connectivity index (χ3v) is 4.49. The third-order valence-electron chi connectivity index (χ3n) is 2.65. The number of oxazole rings is 1. The van der Waals surface area contributed by atoms with Gasteiger partial charge in [0, 0.05) is 21.1 Å². The highest BCUT2D eigenvalue weighted by Crippen LogP contribution is 2.35. The van der Waals surface area contributed by atoms with E-state index >= 15 is 0 Å². The maximum atomic E-state index is 8.84. The Bertz CT molecular complexity index is 838. The Morgan fingerprint density at radius 1 is 1.25 bits per heavy atom. The number of anilines is 1. The third kappa shape index (κ3) is 2.50. The van der Waals surface area contributed by atoms with Crippen LogP contribution in [0, 0.1) is 11.3 Å². The fraction of sp³-hybridized carbons (Fsp3) is 0. The smallest absolute Gasteiger partial charge is 0.261 e. The van der Waals surface area contributed by atoms with Crippen molar-refractivity contribution in [1.29, 1.82) is 5.26 Å². The minimum Gasteiger partial charge on any atom is -0.431 e. The van der Waals surface area contributed by atoms with Crippen LogP contribution >= 0.6 is 27.7 Å². The lowest BCUT2D eigenvalue weighted by molar-refractivity contribution is 0.489. The Morgan fingerprint density at radius 3 is 2.85 bits per heavy atom. The van der Waals surface area contributed by atoms with Gasteiger partial charge in [-0.3, -0.25) is 0 Å². The van der Waals surface area contributed by atoms with E-state index in [1.54, 1.807) is 24.3 Å². The van der Waals surface area contributed by atoms with Crippen LogP contribution in [0.1, 0.15) is 5.56 Å². The molecule has 0 saturated carbocycles. The first-order valence-electron chi connectivity index (χ1n) is 5.69. The summed E-state index contributed by atoms with van der Waals surface area (Å²) >= 11 is 4.83. The molecule has 0 saturated heterocycles. The van der Waals surface area contributed by atoms with E-state index < -0.39 is 0 Å². The number of aromatic nitrogens is 1. The van der Waals surface area contributed by atoms with E-state index in [4.69, 9.17) is 15.4 Å². The van der Waals surface area contributed by atoms with Crippen LogP contribution in [0.15, 0.2) is 55.4 Å². The average molecular weight is 346 g/mol. The number of nitrogen functional groups attached to an aromatic ring is 1. The van der Waals surface area contributed by atoms with E-state index in [0.717, 1.165) is 14.9 Å². The number of fused-ring (bicyclic) bond motifs is 1. The summed E-state index contributed by atoms with van der Waals surface area (Å²) in [4.78, 5) is 5.32. The maximum absolute atomic E-state index is 8.84. The molecule has 0 aliphatic carbocycles. The summed E-state index contributed by atoms with van der Waals surface area (Å²) in [7, 11) is 0. The van der Waals surface area contributed by atoms with Crippen molar-refractivity contribution in [2.24, 2.45) is 0 Å². The van der Waals surface area contributed by atoms with Gasteiger partial charge in [-0.15, -0.1) is 0 Å². The molecule has 98 valence electrons.